The summed E-state index contributed by atoms with van der Waals surface area (Å²) in [6.45, 7) is 1.13. The summed E-state index contributed by atoms with van der Waals surface area (Å²) in [6, 6.07) is 7.37. The van der Waals surface area contributed by atoms with E-state index >= 15 is 0 Å². The fraction of sp³-hybridized carbons (Fsp3) is 0.429. The third-order valence-corrected chi connectivity index (χ3v) is 5.86. The first-order valence-corrected chi connectivity index (χ1v) is 9.56. The Bertz CT molecular complexity index is 830. The molecule has 4 atom stereocenters. The van der Waals surface area contributed by atoms with Crippen molar-refractivity contribution in [3.05, 3.63) is 42.0 Å². The van der Waals surface area contributed by atoms with Crippen LogP contribution in [-0.2, 0) is 30.3 Å². The lowest BCUT2D eigenvalue weighted by atomic mass is 9.85. The number of esters is 1. The smallest absolute Gasteiger partial charge is 0.326 e. The zero-order chi connectivity index (χ0) is 19.8. The van der Waals surface area contributed by atoms with E-state index in [1.807, 2.05) is 31.2 Å². The van der Waals surface area contributed by atoms with Gasteiger partial charge in [-0.15, -0.1) is 0 Å². The molecule has 2 fully saturated rings. The fourth-order valence-electron chi connectivity index (χ4n) is 4.46. The summed E-state index contributed by atoms with van der Waals surface area (Å²) in [5.74, 6) is -2.34. The first-order chi connectivity index (χ1) is 13.5. The molecule has 0 radical (unpaired) electrons. The normalized spacial score (nSPS) is 27.2. The van der Waals surface area contributed by atoms with E-state index in [0.717, 1.165) is 23.3 Å². The SMILES string of the molecule is CCc1ccc(NC(=O)COC(=O)CN2C(=O)[C@H]3[C@H](C2=O)[C@H]2C=C[C@H]3C2)cc1. The Balaban J connectivity index is 1.27. The van der Waals surface area contributed by atoms with E-state index in [9.17, 15) is 19.2 Å². The number of aryl methyl sites for hydroxylation is 1. The summed E-state index contributed by atoms with van der Waals surface area (Å²) in [4.78, 5) is 50.1. The molecule has 7 nitrogen and oxygen atoms in total. The maximum absolute atomic E-state index is 12.5. The van der Waals surface area contributed by atoms with Crippen LogP contribution in [-0.4, -0.2) is 41.7 Å². The van der Waals surface area contributed by atoms with Crippen molar-refractivity contribution in [3.63, 3.8) is 0 Å². The van der Waals surface area contributed by atoms with Crippen LogP contribution in [0.5, 0.6) is 0 Å². The Morgan fingerprint density at radius 2 is 1.68 bits per heavy atom. The average molecular weight is 382 g/mol. The third-order valence-electron chi connectivity index (χ3n) is 5.86. The molecule has 1 saturated heterocycles. The van der Waals surface area contributed by atoms with Gasteiger partial charge >= 0.3 is 5.97 Å². The van der Waals surface area contributed by atoms with Crippen LogP contribution in [0, 0.1) is 23.7 Å². The predicted octanol–water partition coefficient (Wildman–Crippen LogP) is 1.54. The number of imide groups is 1. The number of amides is 3. The monoisotopic (exact) mass is 382 g/mol. The van der Waals surface area contributed by atoms with E-state index in [4.69, 9.17) is 4.74 Å². The Kier molecular flexibility index (Phi) is 4.75. The van der Waals surface area contributed by atoms with Gasteiger partial charge in [0.2, 0.25) is 11.8 Å². The fourth-order valence-corrected chi connectivity index (χ4v) is 4.46. The molecule has 0 aromatic heterocycles. The molecule has 2 bridgehead atoms. The first kappa shape index (κ1) is 18.4. The minimum absolute atomic E-state index is 0.0948. The van der Waals surface area contributed by atoms with Crippen molar-refractivity contribution in [3.8, 4) is 0 Å². The van der Waals surface area contributed by atoms with E-state index in [-0.39, 0.29) is 35.5 Å². The minimum atomic E-state index is -0.765. The molecule has 146 valence electrons. The quantitative estimate of drug-likeness (QED) is 0.458. The van der Waals surface area contributed by atoms with Gasteiger partial charge in [0, 0.05) is 5.69 Å². The molecule has 1 aliphatic heterocycles. The van der Waals surface area contributed by atoms with Gasteiger partial charge in [0.1, 0.15) is 6.54 Å². The van der Waals surface area contributed by atoms with Crippen LogP contribution >= 0.6 is 0 Å². The minimum Gasteiger partial charge on any atom is -0.454 e. The predicted molar refractivity (Wildman–Crippen MR) is 99.8 cm³/mol. The highest BCUT2D eigenvalue weighted by molar-refractivity contribution is 6.08. The first-order valence-electron chi connectivity index (χ1n) is 9.56. The van der Waals surface area contributed by atoms with Gasteiger partial charge in [-0.05, 0) is 42.4 Å². The van der Waals surface area contributed by atoms with Crippen molar-refractivity contribution in [1.82, 2.24) is 4.90 Å². The van der Waals surface area contributed by atoms with E-state index in [1.54, 1.807) is 12.1 Å². The zero-order valence-electron chi connectivity index (χ0n) is 15.6. The number of anilines is 1. The summed E-state index contributed by atoms with van der Waals surface area (Å²) in [5.41, 5.74) is 1.76. The number of carbonyl (C=O) groups is 4. The second kappa shape index (κ2) is 7.22. The van der Waals surface area contributed by atoms with Crippen molar-refractivity contribution in [2.45, 2.75) is 19.8 Å². The van der Waals surface area contributed by atoms with Crippen LogP contribution in [0.3, 0.4) is 0 Å². The Hall–Kier alpha value is -2.96. The van der Waals surface area contributed by atoms with Gasteiger partial charge in [-0.25, -0.2) is 0 Å². The molecule has 28 heavy (non-hydrogen) atoms. The van der Waals surface area contributed by atoms with Crippen LogP contribution in [0.1, 0.15) is 18.9 Å². The second-order valence-corrected chi connectivity index (χ2v) is 7.52. The Morgan fingerprint density at radius 1 is 1.07 bits per heavy atom. The number of rotatable bonds is 6. The summed E-state index contributed by atoms with van der Waals surface area (Å²) >= 11 is 0. The zero-order valence-corrected chi connectivity index (χ0v) is 15.6. The molecule has 7 heteroatoms. The lowest BCUT2D eigenvalue weighted by molar-refractivity contribution is -0.154. The van der Waals surface area contributed by atoms with Crippen LogP contribution < -0.4 is 5.32 Å². The molecule has 1 heterocycles. The van der Waals surface area contributed by atoms with Gasteiger partial charge in [-0.3, -0.25) is 24.1 Å². The number of hydrogen-bond acceptors (Lipinski definition) is 5. The van der Waals surface area contributed by atoms with Gasteiger partial charge in [0.05, 0.1) is 11.8 Å². The summed E-state index contributed by atoms with van der Waals surface area (Å²) in [6.07, 6.45) is 5.73. The molecule has 4 rings (SSSR count). The number of carbonyl (C=O) groups excluding carboxylic acids is 4. The molecular weight excluding hydrogens is 360 g/mol. The van der Waals surface area contributed by atoms with Crippen LogP contribution in [0.2, 0.25) is 0 Å². The van der Waals surface area contributed by atoms with Crippen molar-refractivity contribution in [2.75, 3.05) is 18.5 Å². The molecule has 2 aliphatic carbocycles. The van der Waals surface area contributed by atoms with Crippen molar-refractivity contribution < 1.29 is 23.9 Å². The largest absolute Gasteiger partial charge is 0.454 e. The van der Waals surface area contributed by atoms with Gasteiger partial charge in [-0.1, -0.05) is 31.2 Å². The lowest BCUT2D eigenvalue weighted by Gasteiger charge is -2.16. The number of nitrogens with zero attached hydrogens (tertiary/aromatic N) is 1. The molecule has 3 amide bonds. The van der Waals surface area contributed by atoms with E-state index < -0.39 is 25.0 Å². The summed E-state index contributed by atoms with van der Waals surface area (Å²) < 4.78 is 4.96. The van der Waals surface area contributed by atoms with Gasteiger partial charge in [0.25, 0.3) is 5.91 Å². The van der Waals surface area contributed by atoms with Gasteiger partial charge in [-0.2, -0.15) is 0 Å². The molecule has 1 aromatic carbocycles. The second-order valence-electron chi connectivity index (χ2n) is 7.52. The average Bonchev–Trinajstić information content (AvgIpc) is 3.37. The van der Waals surface area contributed by atoms with Crippen molar-refractivity contribution in [2.24, 2.45) is 23.7 Å². The number of benzene rings is 1. The molecule has 1 saturated carbocycles. The number of likely N-dealkylation sites (tertiary alicyclic amines) is 1. The van der Waals surface area contributed by atoms with Crippen LogP contribution in [0.4, 0.5) is 5.69 Å². The maximum Gasteiger partial charge on any atom is 0.326 e. The highest BCUT2D eigenvalue weighted by Crippen LogP contribution is 2.52. The number of ether oxygens (including phenoxy) is 1. The molecular formula is C21H22N2O5. The maximum atomic E-state index is 12.5. The van der Waals surface area contributed by atoms with E-state index in [0.29, 0.717) is 5.69 Å². The van der Waals surface area contributed by atoms with Crippen LogP contribution in [0.15, 0.2) is 36.4 Å². The highest BCUT2D eigenvalue weighted by atomic mass is 16.5. The molecule has 0 spiro atoms. The van der Waals surface area contributed by atoms with Crippen molar-refractivity contribution >= 4 is 29.4 Å². The lowest BCUT2D eigenvalue weighted by Crippen LogP contribution is -2.38. The molecule has 1 aromatic rings. The topological polar surface area (TPSA) is 92.8 Å². The highest BCUT2D eigenvalue weighted by Gasteiger charge is 2.59. The van der Waals surface area contributed by atoms with E-state index in [2.05, 4.69) is 5.32 Å². The third kappa shape index (κ3) is 3.21. The summed E-state index contributed by atoms with van der Waals surface area (Å²) in [7, 11) is 0. The van der Waals surface area contributed by atoms with Crippen LogP contribution in [0.25, 0.3) is 0 Å². The molecule has 0 unspecified atom stereocenters. The van der Waals surface area contributed by atoms with Gasteiger partial charge in [0.15, 0.2) is 6.61 Å². The summed E-state index contributed by atoms with van der Waals surface area (Å²) in [5, 5.41) is 2.64. The Labute approximate surface area is 162 Å². The number of hydrogen-bond donors (Lipinski definition) is 1. The van der Waals surface area contributed by atoms with E-state index in [1.165, 1.54) is 0 Å². The number of fused-ring (bicyclic) bond motifs is 5. The van der Waals surface area contributed by atoms with Gasteiger partial charge < -0.3 is 10.1 Å². The molecule has 1 N–H and O–H groups in total. The van der Waals surface area contributed by atoms with Crippen molar-refractivity contribution in [1.29, 1.82) is 0 Å². The molecule has 3 aliphatic rings. The number of nitrogens with one attached hydrogen (secondary N) is 1. The number of allylic oxidation sites excluding steroid dienone is 2. The standard InChI is InChI=1S/C21H22N2O5/c1-2-12-3-7-15(8-4-12)22-16(24)11-28-17(25)10-23-20(26)18-13-5-6-14(9-13)19(18)21(23)27/h3-8,13-14,18-19H,2,9-11H2,1H3,(H,22,24)/t13-,14-,18+,19+/m0/s1. The Morgan fingerprint density at radius 3 is 2.25 bits per heavy atom.